The SMILES string of the molecule is CCc1cc2c([n+](CC)c1)C1C(C(=O)N2C)c2ccccc2C(=O)N1Cc1ccc(C(=O)N(CCOC)CC(N)=O)cc1. The third kappa shape index (κ3) is 5.50. The molecule has 4 amide bonds. The number of primary amides is 1. The summed E-state index contributed by atoms with van der Waals surface area (Å²) in [6.45, 7) is 5.36. The summed E-state index contributed by atoms with van der Waals surface area (Å²) in [6.07, 6.45) is 2.94. The molecule has 0 bridgehead atoms. The number of rotatable bonds is 10. The predicted molar refractivity (Wildman–Crippen MR) is 160 cm³/mol. The van der Waals surface area contributed by atoms with Crippen LogP contribution in [0.15, 0.2) is 60.8 Å². The van der Waals surface area contributed by atoms with Crippen molar-refractivity contribution in [2.75, 3.05) is 38.8 Å². The van der Waals surface area contributed by atoms with E-state index in [-0.39, 0.29) is 44.0 Å². The van der Waals surface area contributed by atoms with Gasteiger partial charge in [0, 0.05) is 43.9 Å². The van der Waals surface area contributed by atoms with Gasteiger partial charge in [0.05, 0.1) is 19.1 Å². The second kappa shape index (κ2) is 12.3. The van der Waals surface area contributed by atoms with Crippen LogP contribution in [0.25, 0.3) is 0 Å². The van der Waals surface area contributed by atoms with Crippen molar-refractivity contribution in [3.8, 4) is 0 Å². The number of hydrogen-bond acceptors (Lipinski definition) is 5. The van der Waals surface area contributed by atoms with E-state index >= 15 is 0 Å². The Kier molecular flexibility index (Phi) is 8.59. The first-order valence-electron chi connectivity index (χ1n) is 14.6. The van der Waals surface area contributed by atoms with Crippen molar-refractivity contribution in [1.82, 2.24) is 9.80 Å². The minimum Gasteiger partial charge on any atom is -0.383 e. The fraction of sp³-hybridized carbons (Fsp3) is 0.364. The minimum atomic E-state index is -0.608. The molecule has 0 aliphatic carbocycles. The Labute approximate surface area is 251 Å². The van der Waals surface area contributed by atoms with Crippen LogP contribution in [0.2, 0.25) is 0 Å². The van der Waals surface area contributed by atoms with Crippen molar-refractivity contribution in [3.63, 3.8) is 0 Å². The lowest BCUT2D eigenvalue weighted by Crippen LogP contribution is -2.56. The van der Waals surface area contributed by atoms with Gasteiger partial charge in [-0.2, -0.15) is 4.57 Å². The van der Waals surface area contributed by atoms with Crippen molar-refractivity contribution in [3.05, 3.63) is 94.3 Å². The second-order valence-electron chi connectivity index (χ2n) is 11.0. The normalized spacial score (nSPS) is 17.3. The number of aryl methyl sites for hydroxylation is 2. The molecule has 0 saturated carbocycles. The van der Waals surface area contributed by atoms with Gasteiger partial charge in [-0.3, -0.25) is 19.2 Å². The number of benzene rings is 2. The Morgan fingerprint density at radius 2 is 1.77 bits per heavy atom. The number of nitrogens with zero attached hydrogens (tertiary/aromatic N) is 4. The van der Waals surface area contributed by atoms with Crippen LogP contribution in [-0.4, -0.2) is 67.3 Å². The number of amides is 4. The number of nitrogens with two attached hydrogens (primary N) is 1. The van der Waals surface area contributed by atoms with Crippen LogP contribution < -0.4 is 15.2 Å². The van der Waals surface area contributed by atoms with Gasteiger partial charge in [0.1, 0.15) is 18.3 Å². The number of hydrogen-bond donors (Lipinski definition) is 1. The number of carbonyl (C=O) groups excluding carboxylic acids is 4. The van der Waals surface area contributed by atoms with E-state index in [9.17, 15) is 19.2 Å². The molecule has 2 aromatic carbocycles. The first-order chi connectivity index (χ1) is 20.7. The maximum Gasteiger partial charge on any atom is 0.255 e. The molecular weight excluding hydrogens is 546 g/mol. The monoisotopic (exact) mass is 584 g/mol. The van der Waals surface area contributed by atoms with Crippen LogP contribution in [0.3, 0.4) is 0 Å². The predicted octanol–water partition coefficient (Wildman–Crippen LogP) is 2.59. The second-order valence-corrected chi connectivity index (χ2v) is 11.0. The Morgan fingerprint density at radius 1 is 1.05 bits per heavy atom. The fourth-order valence-electron chi connectivity index (χ4n) is 6.19. The first-order valence-corrected chi connectivity index (χ1v) is 14.6. The van der Waals surface area contributed by atoms with Gasteiger partial charge in [-0.25, -0.2) is 0 Å². The smallest absolute Gasteiger partial charge is 0.255 e. The van der Waals surface area contributed by atoms with Crippen LogP contribution >= 0.6 is 0 Å². The van der Waals surface area contributed by atoms with Gasteiger partial charge >= 0.3 is 0 Å². The summed E-state index contributed by atoms with van der Waals surface area (Å²) >= 11 is 0. The van der Waals surface area contributed by atoms with Gasteiger partial charge in [-0.1, -0.05) is 37.3 Å². The van der Waals surface area contributed by atoms with Gasteiger partial charge < -0.3 is 25.2 Å². The molecule has 2 unspecified atom stereocenters. The topological polar surface area (TPSA) is 117 Å². The molecule has 3 heterocycles. The summed E-state index contributed by atoms with van der Waals surface area (Å²) in [7, 11) is 3.33. The van der Waals surface area contributed by atoms with Crippen LogP contribution in [-0.2, 0) is 33.8 Å². The lowest BCUT2D eigenvalue weighted by Gasteiger charge is -2.44. The molecule has 3 aromatic rings. The van der Waals surface area contributed by atoms with Gasteiger partial charge in [-0.15, -0.1) is 0 Å². The van der Waals surface area contributed by atoms with E-state index in [1.165, 1.54) is 12.0 Å². The summed E-state index contributed by atoms with van der Waals surface area (Å²) < 4.78 is 7.24. The molecule has 0 fully saturated rings. The van der Waals surface area contributed by atoms with Crippen LogP contribution in [0.5, 0.6) is 0 Å². The highest BCUT2D eigenvalue weighted by Gasteiger charge is 2.53. The van der Waals surface area contributed by atoms with Crippen molar-refractivity contribution >= 4 is 29.3 Å². The number of methoxy groups -OCH3 is 1. The van der Waals surface area contributed by atoms with Gasteiger partial charge in [-0.05, 0) is 48.7 Å². The highest BCUT2D eigenvalue weighted by molar-refractivity contribution is 6.07. The van der Waals surface area contributed by atoms with Crippen molar-refractivity contribution in [2.24, 2.45) is 5.73 Å². The zero-order chi connectivity index (χ0) is 30.8. The lowest BCUT2D eigenvalue weighted by molar-refractivity contribution is -0.703. The summed E-state index contributed by atoms with van der Waals surface area (Å²) in [6, 6.07) is 15.9. The maximum absolute atomic E-state index is 14.1. The molecule has 0 radical (unpaired) electrons. The summed E-state index contributed by atoms with van der Waals surface area (Å²) in [4.78, 5) is 57.7. The standard InChI is InChI=1S/C33H37N5O5/c1-5-21-17-26-29(36(6-2)18-21)30-28(33(42)35(26)3)24-9-7-8-10-25(24)32(41)38(30)19-22-11-13-23(14-12-22)31(40)37(15-16-43-4)20-27(34)39/h7-14,17-18,28,30H,5-6,15-16,19-20H2,1-4H3,(H-,34,39)/p+1. The molecule has 2 atom stereocenters. The quantitative estimate of drug-likeness (QED) is 0.368. The maximum atomic E-state index is 14.1. The van der Waals surface area contributed by atoms with E-state index < -0.39 is 17.9 Å². The number of carbonyl (C=O) groups is 4. The molecule has 0 saturated heterocycles. The number of fused-ring (bicyclic) bond motifs is 5. The largest absolute Gasteiger partial charge is 0.383 e. The fourth-order valence-corrected chi connectivity index (χ4v) is 6.19. The number of aromatic nitrogens is 1. The number of anilines is 1. The lowest BCUT2D eigenvalue weighted by atomic mass is 9.77. The Morgan fingerprint density at radius 3 is 2.42 bits per heavy atom. The van der Waals surface area contributed by atoms with Gasteiger partial charge in [0.15, 0.2) is 6.20 Å². The summed E-state index contributed by atoms with van der Waals surface area (Å²) in [5.74, 6) is -1.70. The van der Waals surface area contributed by atoms with Crippen LogP contribution in [0.4, 0.5) is 5.69 Å². The average molecular weight is 585 g/mol. The third-order valence-electron chi connectivity index (χ3n) is 8.39. The Bertz CT molecular complexity index is 1570. The average Bonchev–Trinajstić information content (AvgIpc) is 3.02. The van der Waals surface area contributed by atoms with Gasteiger partial charge in [0.25, 0.3) is 11.8 Å². The molecule has 224 valence electrons. The molecule has 10 nitrogen and oxygen atoms in total. The molecule has 2 aliphatic rings. The van der Waals surface area contributed by atoms with Crippen LogP contribution in [0.1, 0.15) is 68.9 Å². The molecule has 2 N–H and O–H groups in total. The van der Waals surface area contributed by atoms with Crippen LogP contribution in [0, 0.1) is 0 Å². The Balaban J connectivity index is 1.55. The Hall–Kier alpha value is -4.57. The molecule has 5 rings (SSSR count). The molecule has 10 heteroatoms. The highest BCUT2D eigenvalue weighted by Crippen LogP contribution is 2.49. The van der Waals surface area contributed by atoms with Gasteiger partial charge in [0.2, 0.25) is 17.5 Å². The number of pyridine rings is 1. The molecule has 43 heavy (non-hydrogen) atoms. The van der Waals surface area contributed by atoms with E-state index in [2.05, 4.69) is 30.7 Å². The van der Waals surface area contributed by atoms with Crippen molar-refractivity contribution in [1.29, 1.82) is 0 Å². The molecule has 0 spiro atoms. The minimum absolute atomic E-state index is 0.0510. The van der Waals surface area contributed by atoms with E-state index in [4.69, 9.17) is 10.5 Å². The van der Waals surface area contributed by atoms with E-state index in [1.54, 1.807) is 40.1 Å². The van der Waals surface area contributed by atoms with Crippen molar-refractivity contribution < 1.29 is 28.5 Å². The van der Waals surface area contributed by atoms with Crippen molar-refractivity contribution in [2.45, 2.75) is 45.3 Å². The number of likely N-dealkylation sites (N-methyl/N-ethyl adjacent to an activating group) is 1. The molecule has 2 aliphatic heterocycles. The first kappa shape index (κ1) is 29.9. The van der Waals surface area contributed by atoms with E-state index in [0.717, 1.165) is 34.5 Å². The zero-order valence-electron chi connectivity index (χ0n) is 25.1. The summed E-state index contributed by atoms with van der Waals surface area (Å²) in [5.41, 5.74) is 10.7. The highest BCUT2D eigenvalue weighted by atomic mass is 16.5. The molecule has 1 aromatic heterocycles. The third-order valence-corrected chi connectivity index (χ3v) is 8.39. The summed E-state index contributed by atoms with van der Waals surface area (Å²) in [5, 5.41) is 0. The van der Waals surface area contributed by atoms with E-state index in [1.807, 2.05) is 25.2 Å². The molecular formula is C33H38N5O5+. The number of ether oxygens (including phenoxy) is 1. The zero-order valence-corrected chi connectivity index (χ0v) is 25.1. The van der Waals surface area contributed by atoms with E-state index in [0.29, 0.717) is 17.7 Å².